The number of anilines is 1. The first-order chi connectivity index (χ1) is 8.75. The molecular formula is C12H10IN5. The quantitative estimate of drug-likeness (QED) is 0.718. The summed E-state index contributed by atoms with van der Waals surface area (Å²) < 4.78 is 2.68. The minimum absolute atomic E-state index is 0.476. The molecule has 3 aromatic rings. The average Bonchev–Trinajstić information content (AvgIpc) is 2.69. The Bertz CT molecular complexity index is 692. The molecule has 18 heavy (non-hydrogen) atoms. The molecule has 5 nitrogen and oxygen atoms in total. The van der Waals surface area contributed by atoms with E-state index in [9.17, 15) is 0 Å². The molecule has 2 aromatic heterocycles. The van der Waals surface area contributed by atoms with Gasteiger partial charge in [-0.15, -0.1) is 0 Å². The van der Waals surface area contributed by atoms with Gasteiger partial charge >= 0.3 is 0 Å². The van der Waals surface area contributed by atoms with Crippen molar-refractivity contribution in [2.75, 3.05) is 5.73 Å². The molecule has 3 rings (SSSR count). The minimum Gasteiger partial charge on any atom is -0.383 e. The zero-order chi connectivity index (χ0) is 12.5. The van der Waals surface area contributed by atoms with Crippen LogP contribution in [0, 0.1) is 3.70 Å². The van der Waals surface area contributed by atoms with Gasteiger partial charge in [0, 0.05) is 0 Å². The van der Waals surface area contributed by atoms with Crippen LogP contribution in [-0.4, -0.2) is 19.7 Å². The van der Waals surface area contributed by atoms with Gasteiger partial charge in [-0.2, -0.15) is 5.10 Å². The molecule has 0 radical (unpaired) electrons. The topological polar surface area (TPSA) is 69.6 Å². The fraction of sp³-hybridized carbons (Fsp3) is 0.0833. The van der Waals surface area contributed by atoms with E-state index >= 15 is 0 Å². The van der Waals surface area contributed by atoms with Crippen molar-refractivity contribution in [3.8, 4) is 0 Å². The largest absolute Gasteiger partial charge is 0.383 e. The smallest absolute Gasteiger partial charge is 0.164 e. The van der Waals surface area contributed by atoms with Crippen molar-refractivity contribution < 1.29 is 0 Å². The number of nitrogens with zero attached hydrogens (tertiary/aromatic N) is 4. The Morgan fingerprint density at radius 1 is 1.17 bits per heavy atom. The van der Waals surface area contributed by atoms with Gasteiger partial charge in [0.15, 0.2) is 5.65 Å². The van der Waals surface area contributed by atoms with Crippen LogP contribution in [0.3, 0.4) is 0 Å². The van der Waals surface area contributed by atoms with Crippen LogP contribution in [0.5, 0.6) is 0 Å². The highest BCUT2D eigenvalue weighted by Crippen LogP contribution is 2.22. The molecule has 0 saturated heterocycles. The summed E-state index contributed by atoms with van der Waals surface area (Å²) in [7, 11) is 0. The second-order valence-electron chi connectivity index (χ2n) is 3.89. The molecule has 0 atom stereocenters. The van der Waals surface area contributed by atoms with E-state index in [-0.39, 0.29) is 0 Å². The van der Waals surface area contributed by atoms with Crippen molar-refractivity contribution in [3.05, 3.63) is 45.9 Å². The molecule has 0 spiro atoms. The molecule has 0 saturated carbocycles. The first-order valence-electron chi connectivity index (χ1n) is 5.42. The van der Waals surface area contributed by atoms with E-state index in [4.69, 9.17) is 5.73 Å². The third kappa shape index (κ3) is 1.92. The van der Waals surface area contributed by atoms with E-state index in [2.05, 4.69) is 49.8 Å². The Labute approximate surface area is 117 Å². The van der Waals surface area contributed by atoms with Crippen LogP contribution >= 0.6 is 22.6 Å². The standard InChI is InChI=1S/C12H10IN5/c13-10-9-11(14)15-7-16-12(9)18(17-10)6-8-4-2-1-3-5-8/h1-5,7H,6H2,(H2,14,15,16). The zero-order valence-electron chi connectivity index (χ0n) is 9.42. The van der Waals surface area contributed by atoms with Crippen LogP contribution < -0.4 is 5.73 Å². The van der Waals surface area contributed by atoms with E-state index in [0.717, 1.165) is 14.7 Å². The van der Waals surface area contributed by atoms with Crippen molar-refractivity contribution in [1.82, 2.24) is 19.7 Å². The number of aromatic nitrogens is 4. The normalized spacial score (nSPS) is 10.9. The average molecular weight is 351 g/mol. The van der Waals surface area contributed by atoms with Crippen molar-refractivity contribution >= 4 is 39.4 Å². The highest BCUT2D eigenvalue weighted by atomic mass is 127. The number of fused-ring (bicyclic) bond motifs is 1. The molecule has 0 fully saturated rings. The summed E-state index contributed by atoms with van der Waals surface area (Å²) in [6, 6.07) is 10.1. The molecule has 2 heterocycles. The molecular weight excluding hydrogens is 341 g/mol. The predicted octanol–water partition coefficient (Wildman–Crippen LogP) is 2.06. The Hall–Kier alpha value is -1.70. The third-order valence-electron chi connectivity index (χ3n) is 2.69. The Balaban J connectivity index is 2.11. The van der Waals surface area contributed by atoms with Crippen molar-refractivity contribution in [1.29, 1.82) is 0 Å². The van der Waals surface area contributed by atoms with Crippen LogP contribution in [-0.2, 0) is 6.54 Å². The summed E-state index contributed by atoms with van der Waals surface area (Å²) in [5.41, 5.74) is 7.80. The fourth-order valence-corrected chi connectivity index (χ4v) is 2.63. The Kier molecular flexibility index (Phi) is 2.86. The van der Waals surface area contributed by atoms with Gasteiger partial charge in [0.25, 0.3) is 0 Å². The van der Waals surface area contributed by atoms with Gasteiger partial charge in [0.05, 0.1) is 11.9 Å². The first kappa shape index (κ1) is 11.4. The number of hydrogen-bond acceptors (Lipinski definition) is 4. The lowest BCUT2D eigenvalue weighted by Gasteiger charge is -2.02. The summed E-state index contributed by atoms with van der Waals surface area (Å²) in [5, 5.41) is 5.29. The number of halogens is 1. The maximum Gasteiger partial charge on any atom is 0.164 e. The van der Waals surface area contributed by atoms with Gasteiger partial charge < -0.3 is 5.73 Å². The molecule has 90 valence electrons. The van der Waals surface area contributed by atoms with E-state index in [1.54, 1.807) is 0 Å². The van der Waals surface area contributed by atoms with Crippen LogP contribution in [0.2, 0.25) is 0 Å². The lowest BCUT2D eigenvalue weighted by atomic mass is 10.2. The van der Waals surface area contributed by atoms with E-state index < -0.39 is 0 Å². The van der Waals surface area contributed by atoms with Gasteiger partial charge in [-0.05, 0) is 28.2 Å². The monoisotopic (exact) mass is 351 g/mol. The minimum atomic E-state index is 0.476. The molecule has 6 heteroatoms. The van der Waals surface area contributed by atoms with Crippen LogP contribution in [0.1, 0.15) is 5.56 Å². The highest BCUT2D eigenvalue weighted by Gasteiger charge is 2.13. The predicted molar refractivity (Wildman–Crippen MR) is 78.0 cm³/mol. The fourth-order valence-electron chi connectivity index (χ4n) is 1.85. The SMILES string of the molecule is Nc1ncnc2c1c(I)nn2Cc1ccccc1. The Morgan fingerprint density at radius 3 is 2.72 bits per heavy atom. The summed E-state index contributed by atoms with van der Waals surface area (Å²) in [4.78, 5) is 8.26. The molecule has 0 bridgehead atoms. The number of nitrogens with two attached hydrogens (primary N) is 1. The van der Waals surface area contributed by atoms with Gasteiger partial charge in [-0.25, -0.2) is 14.6 Å². The first-order valence-corrected chi connectivity index (χ1v) is 6.50. The Morgan fingerprint density at radius 2 is 1.94 bits per heavy atom. The van der Waals surface area contributed by atoms with Gasteiger partial charge in [-0.3, -0.25) is 0 Å². The van der Waals surface area contributed by atoms with E-state index in [0.29, 0.717) is 12.4 Å². The summed E-state index contributed by atoms with van der Waals surface area (Å²) in [6.07, 6.45) is 1.47. The molecule has 1 aromatic carbocycles. The van der Waals surface area contributed by atoms with E-state index in [1.807, 2.05) is 22.9 Å². The number of nitrogen functional groups attached to an aromatic ring is 1. The highest BCUT2D eigenvalue weighted by molar-refractivity contribution is 14.1. The molecule has 0 aliphatic rings. The van der Waals surface area contributed by atoms with Gasteiger partial charge in [-0.1, -0.05) is 30.3 Å². The van der Waals surface area contributed by atoms with Crippen molar-refractivity contribution in [3.63, 3.8) is 0 Å². The van der Waals surface area contributed by atoms with Crippen LogP contribution in [0.15, 0.2) is 36.7 Å². The number of hydrogen-bond donors (Lipinski definition) is 1. The summed E-state index contributed by atoms with van der Waals surface area (Å²) >= 11 is 2.16. The van der Waals surface area contributed by atoms with Gasteiger partial charge in [0.2, 0.25) is 0 Å². The van der Waals surface area contributed by atoms with Gasteiger partial charge in [0.1, 0.15) is 15.8 Å². The summed E-state index contributed by atoms with van der Waals surface area (Å²) in [6.45, 7) is 0.677. The second-order valence-corrected chi connectivity index (χ2v) is 4.91. The number of benzene rings is 1. The molecule has 0 aliphatic heterocycles. The van der Waals surface area contributed by atoms with Crippen LogP contribution in [0.25, 0.3) is 11.0 Å². The lowest BCUT2D eigenvalue weighted by molar-refractivity contribution is 0.697. The molecule has 0 unspecified atom stereocenters. The van der Waals surface area contributed by atoms with E-state index in [1.165, 1.54) is 11.9 Å². The van der Waals surface area contributed by atoms with Crippen molar-refractivity contribution in [2.24, 2.45) is 0 Å². The third-order valence-corrected chi connectivity index (χ3v) is 3.45. The molecule has 0 aliphatic carbocycles. The van der Waals surface area contributed by atoms with Crippen LogP contribution in [0.4, 0.5) is 5.82 Å². The number of rotatable bonds is 2. The lowest BCUT2D eigenvalue weighted by Crippen LogP contribution is -2.03. The maximum absolute atomic E-state index is 5.85. The zero-order valence-corrected chi connectivity index (χ0v) is 11.6. The second kappa shape index (κ2) is 4.52. The maximum atomic E-state index is 5.85. The summed E-state index contributed by atoms with van der Waals surface area (Å²) in [5.74, 6) is 0.476. The molecule has 0 amide bonds. The van der Waals surface area contributed by atoms with Crippen molar-refractivity contribution in [2.45, 2.75) is 6.54 Å². The molecule has 2 N–H and O–H groups in total.